The third-order valence-corrected chi connectivity index (χ3v) is 4.98. The number of piperidine rings is 1. The number of anilines is 1. The molecule has 2 saturated heterocycles. The lowest BCUT2D eigenvalue weighted by Crippen LogP contribution is -2.47. The first kappa shape index (κ1) is 14.6. The second-order valence-corrected chi connectivity index (χ2v) is 6.64. The van der Waals surface area contributed by atoms with Gasteiger partial charge in [0.2, 0.25) is 5.91 Å². The lowest BCUT2D eigenvalue weighted by Gasteiger charge is -2.36. The average Bonchev–Trinajstić information content (AvgIpc) is 2.55. The Morgan fingerprint density at radius 2 is 2.14 bits per heavy atom. The molecular weight excluding hydrogens is 291 g/mol. The van der Waals surface area contributed by atoms with Gasteiger partial charge in [0, 0.05) is 37.7 Å². The summed E-state index contributed by atoms with van der Waals surface area (Å²) in [7, 11) is 0. The maximum absolute atomic E-state index is 13.8. The molecule has 5 nitrogen and oxygen atoms in total. The molecule has 0 spiro atoms. The smallest absolute Gasteiger partial charge is 0.227 e. The first-order valence-electron chi connectivity index (χ1n) is 7.32. The molecule has 1 unspecified atom stereocenters. The van der Waals surface area contributed by atoms with Crippen LogP contribution in [-0.2, 0) is 4.79 Å². The summed E-state index contributed by atoms with van der Waals surface area (Å²) < 4.78 is 13.8. The number of rotatable bonds is 2. The molecule has 0 saturated carbocycles. The first-order valence-corrected chi connectivity index (χ1v) is 8.48. The van der Waals surface area contributed by atoms with E-state index in [2.05, 4.69) is 9.97 Å². The van der Waals surface area contributed by atoms with Crippen LogP contribution < -0.4 is 4.90 Å². The molecule has 2 aliphatic rings. The molecule has 1 atom stereocenters. The van der Waals surface area contributed by atoms with Crippen molar-refractivity contribution in [1.82, 2.24) is 14.9 Å². The van der Waals surface area contributed by atoms with Crippen LogP contribution in [0.4, 0.5) is 10.2 Å². The van der Waals surface area contributed by atoms with Gasteiger partial charge in [0.15, 0.2) is 11.6 Å². The molecule has 1 aromatic rings. The monoisotopic (exact) mass is 310 g/mol. The zero-order chi connectivity index (χ0) is 14.7. The number of carbonyl (C=O) groups is 1. The minimum absolute atomic E-state index is 0.0452. The van der Waals surface area contributed by atoms with E-state index < -0.39 is 5.82 Å². The Morgan fingerprint density at radius 3 is 2.90 bits per heavy atom. The van der Waals surface area contributed by atoms with Crippen LogP contribution in [0, 0.1) is 11.7 Å². The topological polar surface area (TPSA) is 49.3 Å². The minimum atomic E-state index is -0.417. The van der Waals surface area contributed by atoms with E-state index in [1.165, 1.54) is 12.5 Å². The van der Waals surface area contributed by atoms with Gasteiger partial charge in [-0.2, -0.15) is 11.8 Å². The van der Waals surface area contributed by atoms with Gasteiger partial charge in [-0.1, -0.05) is 0 Å². The molecule has 2 aliphatic heterocycles. The Morgan fingerprint density at radius 1 is 1.33 bits per heavy atom. The summed E-state index contributed by atoms with van der Waals surface area (Å²) in [6.45, 7) is 2.97. The predicted octanol–water partition coefficient (Wildman–Crippen LogP) is 1.41. The summed E-state index contributed by atoms with van der Waals surface area (Å²) in [6, 6.07) is 0. The predicted molar refractivity (Wildman–Crippen MR) is 80.8 cm³/mol. The highest BCUT2D eigenvalue weighted by atomic mass is 32.2. The molecule has 0 radical (unpaired) electrons. The third-order valence-electron chi connectivity index (χ3n) is 4.04. The van der Waals surface area contributed by atoms with E-state index >= 15 is 0 Å². The largest absolute Gasteiger partial charge is 0.353 e. The molecule has 1 aromatic heterocycles. The highest BCUT2D eigenvalue weighted by molar-refractivity contribution is 7.99. The van der Waals surface area contributed by atoms with Crippen molar-refractivity contribution in [2.45, 2.75) is 12.8 Å². The van der Waals surface area contributed by atoms with Crippen molar-refractivity contribution < 1.29 is 9.18 Å². The second kappa shape index (κ2) is 6.60. The first-order chi connectivity index (χ1) is 10.3. The van der Waals surface area contributed by atoms with Crippen LogP contribution in [0.1, 0.15) is 12.8 Å². The van der Waals surface area contributed by atoms with Crippen molar-refractivity contribution >= 4 is 23.5 Å². The summed E-state index contributed by atoms with van der Waals surface area (Å²) in [5, 5.41) is 0. The number of hydrogen-bond acceptors (Lipinski definition) is 5. The van der Waals surface area contributed by atoms with E-state index in [1.54, 1.807) is 0 Å². The van der Waals surface area contributed by atoms with E-state index in [0.29, 0.717) is 12.4 Å². The van der Waals surface area contributed by atoms with Crippen molar-refractivity contribution in [3.8, 4) is 0 Å². The van der Waals surface area contributed by atoms with Gasteiger partial charge in [0.1, 0.15) is 6.33 Å². The van der Waals surface area contributed by atoms with Gasteiger partial charge >= 0.3 is 0 Å². The highest BCUT2D eigenvalue weighted by Gasteiger charge is 2.31. The van der Waals surface area contributed by atoms with Crippen molar-refractivity contribution in [2.24, 2.45) is 5.92 Å². The van der Waals surface area contributed by atoms with Crippen LogP contribution in [0.2, 0.25) is 0 Å². The molecule has 1 amide bonds. The number of nitrogens with zero attached hydrogens (tertiary/aromatic N) is 4. The van der Waals surface area contributed by atoms with Crippen molar-refractivity contribution in [3.63, 3.8) is 0 Å². The summed E-state index contributed by atoms with van der Waals surface area (Å²) in [4.78, 5) is 24.1. The fourth-order valence-electron chi connectivity index (χ4n) is 2.95. The number of halogens is 1. The fraction of sp³-hybridized carbons (Fsp3) is 0.643. The van der Waals surface area contributed by atoms with Gasteiger partial charge in [-0.25, -0.2) is 14.4 Å². The third kappa shape index (κ3) is 3.28. The van der Waals surface area contributed by atoms with E-state index in [9.17, 15) is 9.18 Å². The molecule has 3 rings (SSSR count). The van der Waals surface area contributed by atoms with Crippen LogP contribution in [0.15, 0.2) is 12.5 Å². The Hall–Kier alpha value is -1.37. The number of carbonyl (C=O) groups excluding carboxylic acids is 1. The van der Waals surface area contributed by atoms with Gasteiger partial charge in [0.05, 0.1) is 12.1 Å². The van der Waals surface area contributed by atoms with Gasteiger partial charge in [-0.3, -0.25) is 4.79 Å². The van der Waals surface area contributed by atoms with E-state index in [-0.39, 0.29) is 11.8 Å². The maximum atomic E-state index is 13.8. The van der Waals surface area contributed by atoms with E-state index in [1.807, 2.05) is 21.6 Å². The van der Waals surface area contributed by atoms with E-state index in [4.69, 9.17) is 0 Å². The zero-order valence-corrected chi connectivity index (χ0v) is 12.7. The normalized spacial score (nSPS) is 23.2. The van der Waals surface area contributed by atoms with Gasteiger partial charge in [0.25, 0.3) is 0 Å². The number of amides is 1. The molecule has 7 heteroatoms. The van der Waals surface area contributed by atoms with Gasteiger partial charge < -0.3 is 9.80 Å². The SMILES string of the molecule is O=C(C1CCCN(c2ncncc2F)C1)N1CCSCC1. The number of hydrogen-bond donors (Lipinski definition) is 0. The Balaban J connectivity index is 1.68. The van der Waals surface area contributed by atoms with E-state index in [0.717, 1.165) is 44.0 Å². The standard InChI is InChI=1S/C14H19FN4OS/c15-12-8-16-10-17-13(12)19-3-1-2-11(9-19)14(20)18-4-6-21-7-5-18/h8,10-11H,1-7,9H2. The van der Waals surface area contributed by atoms with Gasteiger partial charge in [-0.15, -0.1) is 0 Å². The van der Waals surface area contributed by atoms with Gasteiger partial charge in [-0.05, 0) is 12.8 Å². The van der Waals surface area contributed by atoms with Crippen LogP contribution >= 0.6 is 11.8 Å². The Labute approximate surface area is 127 Å². The lowest BCUT2D eigenvalue weighted by molar-refractivity contribution is -0.135. The second-order valence-electron chi connectivity index (χ2n) is 5.42. The minimum Gasteiger partial charge on any atom is -0.353 e. The van der Waals surface area contributed by atoms with Crippen LogP contribution in [-0.4, -0.2) is 58.5 Å². The molecule has 2 fully saturated rings. The molecule has 114 valence electrons. The Bertz CT molecular complexity index is 510. The fourth-order valence-corrected chi connectivity index (χ4v) is 3.86. The zero-order valence-electron chi connectivity index (χ0n) is 11.9. The molecule has 0 bridgehead atoms. The van der Waals surface area contributed by atoms with Crippen LogP contribution in [0.3, 0.4) is 0 Å². The molecule has 3 heterocycles. The summed E-state index contributed by atoms with van der Waals surface area (Å²) in [6.07, 6.45) is 4.30. The average molecular weight is 310 g/mol. The molecule has 0 aliphatic carbocycles. The van der Waals surface area contributed by atoms with Crippen molar-refractivity contribution in [3.05, 3.63) is 18.3 Å². The molecular formula is C14H19FN4OS. The highest BCUT2D eigenvalue weighted by Crippen LogP contribution is 2.25. The summed E-state index contributed by atoms with van der Waals surface area (Å²) in [5.74, 6) is 2.10. The Kier molecular flexibility index (Phi) is 4.57. The molecule has 21 heavy (non-hydrogen) atoms. The number of thioether (sulfide) groups is 1. The molecule has 0 aromatic carbocycles. The van der Waals surface area contributed by atoms with Crippen LogP contribution in [0.25, 0.3) is 0 Å². The molecule has 0 N–H and O–H groups in total. The van der Waals surface area contributed by atoms with Crippen molar-refractivity contribution in [1.29, 1.82) is 0 Å². The van der Waals surface area contributed by atoms with Crippen molar-refractivity contribution in [2.75, 3.05) is 42.6 Å². The summed E-state index contributed by atoms with van der Waals surface area (Å²) >= 11 is 1.89. The quantitative estimate of drug-likeness (QED) is 0.826. The maximum Gasteiger partial charge on any atom is 0.227 e. The summed E-state index contributed by atoms with van der Waals surface area (Å²) in [5.41, 5.74) is 0. The lowest BCUT2D eigenvalue weighted by atomic mass is 9.96. The van der Waals surface area contributed by atoms with Crippen LogP contribution in [0.5, 0.6) is 0 Å². The number of aromatic nitrogens is 2.